The zero-order valence-corrected chi connectivity index (χ0v) is 13.0. The van der Waals surface area contributed by atoms with Crippen molar-refractivity contribution in [1.82, 2.24) is 4.57 Å². The number of rotatable bonds is 3. The van der Waals surface area contributed by atoms with Crippen molar-refractivity contribution in [2.75, 3.05) is 26.1 Å². The zero-order valence-electron chi connectivity index (χ0n) is 12.2. The van der Waals surface area contributed by atoms with Crippen molar-refractivity contribution in [3.05, 3.63) is 52.1 Å². The molecule has 0 saturated heterocycles. The van der Waals surface area contributed by atoms with Crippen molar-refractivity contribution in [3.8, 4) is 11.4 Å². The fourth-order valence-corrected chi connectivity index (χ4v) is 3.19. The van der Waals surface area contributed by atoms with Gasteiger partial charge in [-0.25, -0.2) is 0 Å². The Kier molecular flexibility index (Phi) is 3.43. The van der Waals surface area contributed by atoms with Crippen molar-refractivity contribution < 1.29 is 4.74 Å². The SMILES string of the molecule is COc1ccc2c(c1)sc(=O)n2-c1ccc(N(C)C)cc1. The standard InChI is InChI=1S/C16H16N2O2S/c1-17(2)11-4-6-12(7-5-11)18-14-9-8-13(20-3)10-15(14)21-16(18)19/h4-10H,1-3H3. The maximum absolute atomic E-state index is 12.3. The van der Waals surface area contributed by atoms with Gasteiger partial charge in [0.1, 0.15) is 5.75 Å². The molecule has 0 aliphatic rings. The Morgan fingerprint density at radius 1 is 1.10 bits per heavy atom. The minimum atomic E-state index is 0.0101. The number of anilines is 1. The first kappa shape index (κ1) is 13.7. The topological polar surface area (TPSA) is 34.5 Å². The van der Waals surface area contributed by atoms with Crippen molar-refractivity contribution in [1.29, 1.82) is 0 Å². The second kappa shape index (κ2) is 5.26. The number of fused-ring (bicyclic) bond motifs is 1. The summed E-state index contributed by atoms with van der Waals surface area (Å²) in [6, 6.07) is 13.6. The van der Waals surface area contributed by atoms with E-state index in [1.165, 1.54) is 11.3 Å². The molecule has 0 radical (unpaired) electrons. The highest BCUT2D eigenvalue weighted by atomic mass is 32.1. The van der Waals surface area contributed by atoms with E-state index < -0.39 is 0 Å². The summed E-state index contributed by atoms with van der Waals surface area (Å²) in [5.41, 5.74) is 2.89. The van der Waals surface area contributed by atoms with Gasteiger partial charge in [-0.05, 0) is 42.5 Å². The molecular weight excluding hydrogens is 284 g/mol. The highest BCUT2D eigenvalue weighted by Gasteiger charge is 2.10. The molecule has 0 fully saturated rings. The molecular formula is C16H16N2O2S. The third kappa shape index (κ3) is 2.40. The average molecular weight is 300 g/mol. The molecule has 5 heteroatoms. The minimum Gasteiger partial charge on any atom is -0.497 e. The van der Waals surface area contributed by atoms with Crippen LogP contribution in [0.5, 0.6) is 5.75 Å². The monoisotopic (exact) mass is 300 g/mol. The van der Waals surface area contributed by atoms with Gasteiger partial charge in [-0.2, -0.15) is 0 Å². The Bertz CT molecular complexity index is 832. The molecule has 1 heterocycles. The molecule has 4 nitrogen and oxygen atoms in total. The summed E-state index contributed by atoms with van der Waals surface area (Å²) in [6.45, 7) is 0. The van der Waals surface area contributed by atoms with Crippen molar-refractivity contribution in [2.45, 2.75) is 0 Å². The highest BCUT2D eigenvalue weighted by Crippen LogP contribution is 2.26. The van der Waals surface area contributed by atoms with Gasteiger partial charge in [-0.1, -0.05) is 11.3 Å². The van der Waals surface area contributed by atoms with E-state index in [0.29, 0.717) is 0 Å². The predicted molar refractivity (Wildman–Crippen MR) is 88.3 cm³/mol. The lowest BCUT2D eigenvalue weighted by Gasteiger charge is -2.13. The predicted octanol–water partition coefficient (Wildman–Crippen LogP) is 3.13. The van der Waals surface area contributed by atoms with Gasteiger partial charge in [0.05, 0.1) is 23.0 Å². The van der Waals surface area contributed by atoms with Crippen LogP contribution in [0.2, 0.25) is 0 Å². The third-order valence-electron chi connectivity index (χ3n) is 3.41. The van der Waals surface area contributed by atoms with E-state index in [4.69, 9.17) is 4.74 Å². The average Bonchev–Trinajstić information content (AvgIpc) is 2.82. The molecule has 0 spiro atoms. The molecule has 0 N–H and O–H groups in total. The summed E-state index contributed by atoms with van der Waals surface area (Å²) >= 11 is 1.23. The van der Waals surface area contributed by atoms with Crippen molar-refractivity contribution in [3.63, 3.8) is 0 Å². The molecule has 0 amide bonds. The normalized spacial score (nSPS) is 10.8. The number of ether oxygens (including phenoxy) is 1. The lowest BCUT2D eigenvalue weighted by atomic mass is 10.2. The maximum Gasteiger partial charge on any atom is 0.312 e. The summed E-state index contributed by atoms with van der Waals surface area (Å²) < 4.78 is 7.87. The Morgan fingerprint density at radius 3 is 2.43 bits per heavy atom. The molecule has 108 valence electrons. The Labute approximate surface area is 126 Å². The first-order valence-corrected chi connectivity index (χ1v) is 7.39. The molecule has 0 saturated carbocycles. The van der Waals surface area contributed by atoms with Gasteiger partial charge in [-0.3, -0.25) is 9.36 Å². The molecule has 1 aromatic heterocycles. The number of nitrogens with zero attached hydrogens (tertiary/aromatic N) is 2. The number of hydrogen-bond donors (Lipinski definition) is 0. The first-order valence-electron chi connectivity index (χ1n) is 6.57. The van der Waals surface area contributed by atoms with E-state index in [1.54, 1.807) is 11.7 Å². The first-order chi connectivity index (χ1) is 10.1. The maximum atomic E-state index is 12.3. The molecule has 0 unspecified atom stereocenters. The molecule has 0 bridgehead atoms. The van der Waals surface area contributed by atoms with Crippen LogP contribution < -0.4 is 14.5 Å². The van der Waals surface area contributed by atoms with E-state index in [2.05, 4.69) is 0 Å². The van der Waals surface area contributed by atoms with Gasteiger partial charge in [0, 0.05) is 19.8 Å². The summed E-state index contributed by atoms with van der Waals surface area (Å²) in [7, 11) is 5.61. The Morgan fingerprint density at radius 2 is 1.81 bits per heavy atom. The van der Waals surface area contributed by atoms with Crippen LogP contribution in [0.3, 0.4) is 0 Å². The molecule has 3 aromatic rings. The van der Waals surface area contributed by atoms with Gasteiger partial charge in [-0.15, -0.1) is 0 Å². The fourth-order valence-electron chi connectivity index (χ4n) is 2.27. The summed E-state index contributed by atoms with van der Waals surface area (Å²) in [6.07, 6.45) is 0. The van der Waals surface area contributed by atoms with Crippen LogP contribution in [-0.2, 0) is 0 Å². The lowest BCUT2D eigenvalue weighted by Crippen LogP contribution is -2.11. The molecule has 3 rings (SSSR count). The highest BCUT2D eigenvalue weighted by molar-refractivity contribution is 7.16. The van der Waals surface area contributed by atoms with Crippen molar-refractivity contribution in [2.24, 2.45) is 0 Å². The molecule has 21 heavy (non-hydrogen) atoms. The number of thiazole rings is 1. The number of benzene rings is 2. The third-order valence-corrected chi connectivity index (χ3v) is 4.32. The lowest BCUT2D eigenvalue weighted by molar-refractivity contribution is 0.415. The zero-order chi connectivity index (χ0) is 15.0. The van der Waals surface area contributed by atoms with Crippen LogP contribution in [0.15, 0.2) is 47.3 Å². The Balaban J connectivity index is 2.15. The molecule has 2 aromatic carbocycles. The van der Waals surface area contributed by atoms with Gasteiger partial charge in [0.25, 0.3) is 0 Å². The fraction of sp³-hybridized carbons (Fsp3) is 0.188. The summed E-state index contributed by atoms with van der Waals surface area (Å²) in [5, 5.41) is 0. The van der Waals surface area contributed by atoms with Crippen LogP contribution in [0.25, 0.3) is 15.9 Å². The van der Waals surface area contributed by atoms with Gasteiger partial charge >= 0.3 is 4.87 Å². The van der Waals surface area contributed by atoms with Crippen molar-refractivity contribution >= 4 is 27.2 Å². The van der Waals surface area contributed by atoms with E-state index in [1.807, 2.05) is 61.5 Å². The second-order valence-electron chi connectivity index (χ2n) is 4.95. The van der Waals surface area contributed by atoms with Gasteiger partial charge in [0.2, 0.25) is 0 Å². The molecule has 0 aliphatic heterocycles. The smallest absolute Gasteiger partial charge is 0.312 e. The van der Waals surface area contributed by atoms with Crippen LogP contribution in [0, 0.1) is 0 Å². The quantitative estimate of drug-likeness (QED) is 0.745. The summed E-state index contributed by atoms with van der Waals surface area (Å²) in [5.74, 6) is 0.763. The van der Waals surface area contributed by atoms with Gasteiger partial charge in [0.15, 0.2) is 0 Å². The minimum absolute atomic E-state index is 0.0101. The van der Waals surface area contributed by atoms with Crippen LogP contribution in [0.1, 0.15) is 0 Å². The number of hydrogen-bond acceptors (Lipinski definition) is 4. The number of aromatic nitrogens is 1. The van der Waals surface area contributed by atoms with Crippen LogP contribution in [-0.4, -0.2) is 25.8 Å². The largest absolute Gasteiger partial charge is 0.497 e. The second-order valence-corrected chi connectivity index (χ2v) is 5.94. The van der Waals surface area contributed by atoms with Crippen LogP contribution in [0.4, 0.5) is 5.69 Å². The summed E-state index contributed by atoms with van der Waals surface area (Å²) in [4.78, 5) is 14.3. The van der Waals surface area contributed by atoms with E-state index in [-0.39, 0.29) is 4.87 Å². The molecule has 0 aliphatic carbocycles. The van der Waals surface area contributed by atoms with Gasteiger partial charge < -0.3 is 9.64 Å². The van der Waals surface area contributed by atoms with Crippen LogP contribution >= 0.6 is 11.3 Å². The van der Waals surface area contributed by atoms with E-state index in [0.717, 1.165) is 27.3 Å². The molecule has 0 atom stereocenters. The van der Waals surface area contributed by atoms with E-state index >= 15 is 0 Å². The van der Waals surface area contributed by atoms with E-state index in [9.17, 15) is 4.79 Å². The number of methoxy groups -OCH3 is 1. The Hall–Kier alpha value is -2.27.